The molecule has 0 saturated carbocycles. The number of carbonyl (C=O) groups is 2. The number of nitrogens with two attached hydrogens (primary N) is 1. The van der Waals surface area contributed by atoms with Crippen LogP contribution in [0.15, 0.2) is 42.7 Å². The van der Waals surface area contributed by atoms with Gasteiger partial charge in [-0.15, -0.1) is 0 Å². The van der Waals surface area contributed by atoms with E-state index in [-0.39, 0.29) is 36.5 Å². The van der Waals surface area contributed by atoms with E-state index >= 15 is 0 Å². The van der Waals surface area contributed by atoms with E-state index in [1.54, 1.807) is 44.6 Å². The van der Waals surface area contributed by atoms with Crippen molar-refractivity contribution in [3.05, 3.63) is 54.1 Å². The molecule has 10 heteroatoms. The Balaban J connectivity index is 1.66. The molecule has 1 aromatic carbocycles. The van der Waals surface area contributed by atoms with Gasteiger partial charge < -0.3 is 25.6 Å². The fourth-order valence-electron chi connectivity index (χ4n) is 5.95. The molecule has 2 aromatic rings. The van der Waals surface area contributed by atoms with Gasteiger partial charge >= 0.3 is 0 Å². The summed E-state index contributed by atoms with van der Waals surface area (Å²) in [5.74, 6) is -1.14. The molecule has 1 unspecified atom stereocenters. The number of nitrogens with one attached hydrogen (secondary N) is 1. The molecular formula is C27H37FN6O3. The minimum atomic E-state index is -1.24. The Bertz CT molecular complexity index is 1110. The zero-order valence-electron chi connectivity index (χ0n) is 22.1. The van der Waals surface area contributed by atoms with E-state index < -0.39 is 22.8 Å². The third-order valence-corrected chi connectivity index (χ3v) is 7.77. The summed E-state index contributed by atoms with van der Waals surface area (Å²) in [4.78, 5) is 39.7. The predicted molar refractivity (Wildman–Crippen MR) is 138 cm³/mol. The highest BCUT2D eigenvalue weighted by molar-refractivity contribution is 5.93. The van der Waals surface area contributed by atoms with Crippen LogP contribution in [0.4, 0.5) is 10.3 Å². The Morgan fingerprint density at radius 1 is 1.19 bits per heavy atom. The smallest absolute Gasteiger partial charge is 0.238 e. The number of halogens is 1. The van der Waals surface area contributed by atoms with Gasteiger partial charge in [-0.25, -0.2) is 14.4 Å². The Kier molecular flexibility index (Phi) is 7.52. The Morgan fingerprint density at radius 2 is 1.84 bits per heavy atom. The van der Waals surface area contributed by atoms with Gasteiger partial charge in [0.2, 0.25) is 17.8 Å². The maximum atomic E-state index is 14.3. The number of likely N-dealkylation sites (N-methyl/N-ethyl adjacent to an activating group) is 1. The molecule has 2 saturated heterocycles. The van der Waals surface area contributed by atoms with E-state index in [4.69, 9.17) is 10.5 Å². The topological polar surface area (TPSA) is 114 Å². The highest BCUT2D eigenvalue weighted by atomic mass is 19.1. The number of likely N-dealkylation sites (tertiary alicyclic amines) is 1. The molecule has 0 radical (unpaired) electrons. The van der Waals surface area contributed by atoms with Gasteiger partial charge in [0, 0.05) is 25.5 Å². The molecule has 3 heterocycles. The van der Waals surface area contributed by atoms with Crippen LogP contribution in [-0.4, -0.2) is 70.5 Å². The average Bonchev–Trinajstić information content (AvgIpc) is 3.44. The first-order chi connectivity index (χ1) is 17.5. The van der Waals surface area contributed by atoms with Crippen LogP contribution in [0.2, 0.25) is 0 Å². The second kappa shape index (κ2) is 10.3. The quantitative estimate of drug-likeness (QED) is 0.557. The minimum absolute atomic E-state index is 0.0420. The summed E-state index contributed by atoms with van der Waals surface area (Å²) in [6.07, 6.45) is 3.78. The van der Waals surface area contributed by atoms with Crippen molar-refractivity contribution >= 4 is 17.8 Å². The molecule has 2 fully saturated rings. The van der Waals surface area contributed by atoms with E-state index in [0.29, 0.717) is 19.0 Å². The highest BCUT2D eigenvalue weighted by Crippen LogP contribution is 2.41. The number of carbonyl (C=O) groups excluding carboxylic acids is 2. The number of primary amides is 1. The molecule has 2 aliphatic rings. The zero-order valence-corrected chi connectivity index (χ0v) is 22.1. The first kappa shape index (κ1) is 26.9. The van der Waals surface area contributed by atoms with Crippen LogP contribution in [0, 0.1) is 17.2 Å². The maximum Gasteiger partial charge on any atom is 0.238 e. The first-order valence-electron chi connectivity index (χ1n) is 12.7. The van der Waals surface area contributed by atoms with Crippen molar-refractivity contribution < 1.29 is 18.7 Å². The van der Waals surface area contributed by atoms with Crippen molar-refractivity contribution in [2.75, 3.05) is 25.0 Å². The number of ether oxygens (including phenoxy) is 1. The van der Waals surface area contributed by atoms with Crippen molar-refractivity contribution in [3.8, 4) is 0 Å². The number of aromatic nitrogens is 2. The first-order valence-corrected chi connectivity index (χ1v) is 12.7. The monoisotopic (exact) mass is 512 g/mol. The highest BCUT2D eigenvalue weighted by Gasteiger charge is 2.57. The summed E-state index contributed by atoms with van der Waals surface area (Å²) >= 11 is 0. The van der Waals surface area contributed by atoms with Gasteiger partial charge in [0.1, 0.15) is 11.4 Å². The van der Waals surface area contributed by atoms with E-state index in [2.05, 4.69) is 20.2 Å². The standard InChI is InChI=1S/C27H37FN6O3/c1-26(2,3)22(27(4,30-5)24(29)36)23(35)33-14-11-19-21(33)20(15-34(19)25-31-12-6-13-32-25)37-16-17-7-9-18(28)10-8-17/h6-10,12-13,19-22,30H,11,14-16H2,1-5H3,(H2,29,36)/t19-,20+,21+,22+,27?/m1/s1. The van der Waals surface area contributed by atoms with Gasteiger partial charge in [-0.1, -0.05) is 32.9 Å². The molecule has 5 atom stereocenters. The van der Waals surface area contributed by atoms with Crippen LogP contribution >= 0.6 is 0 Å². The minimum Gasteiger partial charge on any atom is -0.369 e. The van der Waals surface area contributed by atoms with Crippen LogP contribution in [0.1, 0.15) is 39.7 Å². The van der Waals surface area contributed by atoms with Gasteiger partial charge in [0.05, 0.1) is 30.7 Å². The molecule has 0 spiro atoms. The lowest BCUT2D eigenvalue weighted by molar-refractivity contribution is -0.150. The number of rotatable bonds is 8. The molecule has 4 rings (SSSR count). The zero-order chi connectivity index (χ0) is 27.0. The molecular weight excluding hydrogens is 475 g/mol. The van der Waals surface area contributed by atoms with E-state index in [0.717, 1.165) is 12.0 Å². The summed E-state index contributed by atoms with van der Waals surface area (Å²) in [5, 5.41) is 3.03. The van der Waals surface area contributed by atoms with E-state index in [1.165, 1.54) is 12.1 Å². The molecule has 0 aliphatic carbocycles. The third-order valence-electron chi connectivity index (χ3n) is 7.77. The molecule has 1 aromatic heterocycles. The third kappa shape index (κ3) is 5.17. The van der Waals surface area contributed by atoms with Crippen molar-refractivity contribution in [2.24, 2.45) is 17.1 Å². The van der Waals surface area contributed by atoms with Crippen LogP contribution in [0.5, 0.6) is 0 Å². The van der Waals surface area contributed by atoms with Crippen molar-refractivity contribution in [2.45, 2.75) is 64.4 Å². The SMILES string of the molecule is CNC(C)(C(N)=O)[C@@H](C(=O)N1CC[C@@H]2[C@H]1[C@@H](OCc1ccc(F)cc1)CN2c1ncccn1)C(C)(C)C. The molecule has 37 heavy (non-hydrogen) atoms. The fraction of sp³-hybridized carbons (Fsp3) is 0.556. The number of fused-ring (bicyclic) bond motifs is 1. The predicted octanol–water partition coefficient (Wildman–Crippen LogP) is 2.12. The van der Waals surface area contributed by atoms with E-state index in [9.17, 15) is 14.0 Å². The lowest BCUT2D eigenvalue weighted by atomic mass is 9.68. The van der Waals surface area contributed by atoms with Crippen molar-refractivity contribution in [1.29, 1.82) is 0 Å². The van der Waals surface area contributed by atoms with Gasteiger partial charge in [0.15, 0.2) is 0 Å². The van der Waals surface area contributed by atoms with Crippen LogP contribution in [0.3, 0.4) is 0 Å². The molecule has 0 bridgehead atoms. The summed E-state index contributed by atoms with van der Waals surface area (Å²) in [6, 6.07) is 7.65. The normalized spacial score (nSPS) is 24.0. The average molecular weight is 513 g/mol. The molecule has 3 N–H and O–H groups in total. The largest absolute Gasteiger partial charge is 0.369 e. The van der Waals surface area contributed by atoms with Gasteiger partial charge in [-0.3, -0.25) is 9.59 Å². The summed E-state index contributed by atoms with van der Waals surface area (Å²) in [5.41, 5.74) is 4.88. The van der Waals surface area contributed by atoms with Crippen LogP contribution in [-0.2, 0) is 20.9 Å². The van der Waals surface area contributed by atoms with E-state index in [1.807, 2.05) is 25.7 Å². The summed E-state index contributed by atoms with van der Waals surface area (Å²) < 4.78 is 19.8. The van der Waals surface area contributed by atoms with Crippen LogP contribution < -0.4 is 16.0 Å². The van der Waals surface area contributed by atoms with Crippen molar-refractivity contribution in [1.82, 2.24) is 20.2 Å². The molecule has 9 nitrogen and oxygen atoms in total. The number of amides is 2. The van der Waals surface area contributed by atoms with Crippen molar-refractivity contribution in [3.63, 3.8) is 0 Å². The van der Waals surface area contributed by atoms with Gasteiger partial charge in [-0.2, -0.15) is 0 Å². The Labute approximate surface area is 217 Å². The Hall–Kier alpha value is -3.11. The number of anilines is 1. The molecule has 2 amide bonds. The number of benzene rings is 1. The lowest BCUT2D eigenvalue weighted by Crippen LogP contribution is -2.65. The second-order valence-corrected chi connectivity index (χ2v) is 11.2. The number of hydrogen-bond donors (Lipinski definition) is 2. The fourth-order valence-corrected chi connectivity index (χ4v) is 5.95. The molecule has 200 valence electrons. The second-order valence-electron chi connectivity index (χ2n) is 11.2. The number of hydrogen-bond acceptors (Lipinski definition) is 7. The van der Waals surface area contributed by atoms with Gasteiger partial charge in [-0.05, 0) is 49.6 Å². The maximum absolute atomic E-state index is 14.3. The van der Waals surface area contributed by atoms with Crippen LogP contribution in [0.25, 0.3) is 0 Å². The lowest BCUT2D eigenvalue weighted by Gasteiger charge is -2.44. The van der Waals surface area contributed by atoms with Gasteiger partial charge in [0.25, 0.3) is 0 Å². The number of nitrogens with zero attached hydrogens (tertiary/aromatic N) is 4. The molecule has 2 aliphatic heterocycles. The Morgan fingerprint density at radius 3 is 2.41 bits per heavy atom. The summed E-state index contributed by atoms with van der Waals surface area (Å²) in [6.45, 7) is 8.83. The summed E-state index contributed by atoms with van der Waals surface area (Å²) in [7, 11) is 1.65.